The van der Waals surface area contributed by atoms with Crippen molar-refractivity contribution in [3.63, 3.8) is 0 Å². The van der Waals surface area contributed by atoms with Crippen LogP contribution in [0.5, 0.6) is 0 Å². The van der Waals surface area contributed by atoms with Crippen molar-refractivity contribution in [2.45, 2.75) is 18.9 Å². The van der Waals surface area contributed by atoms with E-state index in [1.165, 1.54) is 22.5 Å². The highest BCUT2D eigenvalue weighted by Crippen LogP contribution is 2.35. The van der Waals surface area contributed by atoms with E-state index in [-0.39, 0.29) is 11.9 Å². The summed E-state index contributed by atoms with van der Waals surface area (Å²) in [6.07, 6.45) is 1.88. The highest BCUT2D eigenvalue weighted by molar-refractivity contribution is 9.12. The number of thiophene rings is 1. The summed E-state index contributed by atoms with van der Waals surface area (Å²) in [6.45, 7) is 0. The molecule has 0 bridgehead atoms. The molecule has 0 aliphatic heterocycles. The second-order valence-corrected chi connectivity index (χ2v) is 8.51. The van der Waals surface area contributed by atoms with E-state index in [4.69, 9.17) is 5.73 Å². The molecule has 0 spiro atoms. The molecule has 1 amide bonds. The SMILES string of the molecule is Nc1ccc2c(c1)CCC2NC(=O)c1cc(Br)sc1Br. The van der Waals surface area contributed by atoms with Gasteiger partial charge in [0.2, 0.25) is 0 Å². The van der Waals surface area contributed by atoms with Crippen LogP contribution in [0.4, 0.5) is 5.69 Å². The third-order valence-electron chi connectivity index (χ3n) is 3.45. The molecule has 2 aromatic rings. The average Bonchev–Trinajstić information content (AvgIpc) is 2.93. The molecule has 20 heavy (non-hydrogen) atoms. The van der Waals surface area contributed by atoms with E-state index in [2.05, 4.69) is 37.2 Å². The number of benzene rings is 1. The summed E-state index contributed by atoms with van der Waals surface area (Å²) in [7, 11) is 0. The highest BCUT2D eigenvalue weighted by Gasteiger charge is 2.25. The highest BCUT2D eigenvalue weighted by atomic mass is 79.9. The molecule has 1 heterocycles. The number of halogens is 2. The van der Waals surface area contributed by atoms with Crippen LogP contribution in [0.3, 0.4) is 0 Å². The summed E-state index contributed by atoms with van der Waals surface area (Å²) < 4.78 is 1.78. The molecule has 6 heteroatoms. The molecule has 3 N–H and O–H groups in total. The van der Waals surface area contributed by atoms with E-state index in [0.29, 0.717) is 5.56 Å². The maximum atomic E-state index is 12.3. The third-order valence-corrected chi connectivity index (χ3v) is 5.79. The normalized spacial score (nSPS) is 17.0. The number of nitrogens with one attached hydrogen (secondary N) is 1. The van der Waals surface area contributed by atoms with E-state index in [0.717, 1.165) is 26.1 Å². The van der Waals surface area contributed by atoms with Crippen molar-refractivity contribution < 1.29 is 4.79 Å². The van der Waals surface area contributed by atoms with E-state index in [9.17, 15) is 4.79 Å². The van der Waals surface area contributed by atoms with Crippen LogP contribution < -0.4 is 11.1 Å². The van der Waals surface area contributed by atoms with Crippen molar-refractivity contribution in [1.82, 2.24) is 5.32 Å². The number of carbonyl (C=O) groups excluding carboxylic acids is 1. The van der Waals surface area contributed by atoms with E-state index in [1.54, 1.807) is 0 Å². The third kappa shape index (κ3) is 2.64. The van der Waals surface area contributed by atoms with Gasteiger partial charge in [-0.15, -0.1) is 11.3 Å². The Morgan fingerprint density at radius 3 is 2.85 bits per heavy atom. The summed E-state index contributed by atoms with van der Waals surface area (Å²) in [5.41, 5.74) is 9.66. The van der Waals surface area contributed by atoms with Crippen molar-refractivity contribution in [1.29, 1.82) is 0 Å². The van der Waals surface area contributed by atoms with Gasteiger partial charge in [-0.2, -0.15) is 0 Å². The quantitative estimate of drug-likeness (QED) is 0.719. The Morgan fingerprint density at radius 2 is 2.15 bits per heavy atom. The zero-order valence-corrected chi connectivity index (χ0v) is 14.4. The van der Waals surface area contributed by atoms with Gasteiger partial charge in [-0.05, 0) is 74.0 Å². The number of nitrogens with two attached hydrogens (primary N) is 1. The Hall–Kier alpha value is -0.850. The average molecular weight is 416 g/mol. The number of hydrogen-bond donors (Lipinski definition) is 2. The number of rotatable bonds is 2. The molecule has 1 atom stereocenters. The standard InChI is InChI=1S/C14H12Br2N2OS/c15-12-6-10(13(16)20-12)14(19)18-11-4-1-7-5-8(17)2-3-9(7)11/h2-3,5-6,11H,1,4,17H2,(H,18,19). The van der Waals surface area contributed by atoms with Crippen LogP contribution in [0.25, 0.3) is 0 Å². The van der Waals surface area contributed by atoms with Crippen LogP contribution in [-0.2, 0) is 6.42 Å². The first kappa shape index (κ1) is 14.1. The molecular formula is C14H12Br2N2OS. The maximum absolute atomic E-state index is 12.3. The van der Waals surface area contributed by atoms with Crippen molar-refractivity contribution >= 4 is 54.8 Å². The molecule has 1 aromatic carbocycles. The molecule has 0 saturated carbocycles. The zero-order chi connectivity index (χ0) is 14.3. The number of carbonyl (C=O) groups is 1. The summed E-state index contributed by atoms with van der Waals surface area (Å²) in [5.74, 6) is -0.0477. The van der Waals surface area contributed by atoms with Crippen LogP contribution in [0, 0.1) is 0 Å². The van der Waals surface area contributed by atoms with Crippen molar-refractivity contribution in [3.05, 3.63) is 48.5 Å². The summed E-state index contributed by atoms with van der Waals surface area (Å²) in [5, 5.41) is 3.10. The summed E-state index contributed by atoms with van der Waals surface area (Å²) in [4.78, 5) is 12.3. The van der Waals surface area contributed by atoms with E-state index < -0.39 is 0 Å². The molecule has 104 valence electrons. The molecule has 1 unspecified atom stereocenters. The van der Waals surface area contributed by atoms with Crippen LogP contribution in [0.15, 0.2) is 31.8 Å². The molecule has 1 aromatic heterocycles. The van der Waals surface area contributed by atoms with Gasteiger partial charge in [0.15, 0.2) is 0 Å². The fourth-order valence-corrected chi connectivity index (χ4v) is 5.31. The summed E-state index contributed by atoms with van der Waals surface area (Å²) in [6, 6.07) is 7.81. The van der Waals surface area contributed by atoms with Crippen LogP contribution in [-0.4, -0.2) is 5.91 Å². The predicted octanol–water partition coefficient (Wildman–Crippen LogP) is 4.27. The molecule has 3 rings (SSSR count). The van der Waals surface area contributed by atoms with E-state index in [1.807, 2.05) is 24.3 Å². The van der Waals surface area contributed by atoms with Gasteiger partial charge in [-0.1, -0.05) is 6.07 Å². The van der Waals surface area contributed by atoms with Gasteiger partial charge in [-0.25, -0.2) is 0 Å². The lowest BCUT2D eigenvalue weighted by Gasteiger charge is -2.14. The minimum absolute atomic E-state index is 0.0477. The number of hydrogen-bond acceptors (Lipinski definition) is 3. The lowest BCUT2D eigenvalue weighted by Crippen LogP contribution is -2.27. The Labute approximate surface area is 137 Å². The predicted molar refractivity (Wildman–Crippen MR) is 89.1 cm³/mol. The first-order valence-corrected chi connectivity index (χ1v) is 8.59. The Kier molecular flexibility index (Phi) is 3.88. The van der Waals surface area contributed by atoms with Gasteiger partial charge >= 0.3 is 0 Å². The van der Waals surface area contributed by atoms with Crippen molar-refractivity contribution in [3.8, 4) is 0 Å². The molecule has 0 radical (unpaired) electrons. The molecule has 0 fully saturated rings. The number of amides is 1. The van der Waals surface area contributed by atoms with Gasteiger partial charge in [-0.3, -0.25) is 4.79 Å². The lowest BCUT2D eigenvalue weighted by molar-refractivity contribution is 0.0936. The second-order valence-electron chi connectivity index (χ2n) is 4.76. The lowest BCUT2D eigenvalue weighted by atomic mass is 10.1. The van der Waals surface area contributed by atoms with Gasteiger partial charge in [0.25, 0.3) is 5.91 Å². The van der Waals surface area contributed by atoms with Crippen LogP contribution >= 0.6 is 43.2 Å². The Bertz CT molecular complexity index is 684. The topological polar surface area (TPSA) is 55.1 Å². The van der Waals surface area contributed by atoms with Gasteiger partial charge in [0.05, 0.1) is 19.2 Å². The fraction of sp³-hybridized carbons (Fsp3) is 0.214. The minimum atomic E-state index is -0.0477. The number of aryl methyl sites for hydroxylation is 1. The number of fused-ring (bicyclic) bond motifs is 1. The zero-order valence-electron chi connectivity index (χ0n) is 10.5. The van der Waals surface area contributed by atoms with E-state index >= 15 is 0 Å². The number of anilines is 1. The minimum Gasteiger partial charge on any atom is -0.399 e. The Balaban J connectivity index is 1.80. The molecule has 0 saturated heterocycles. The van der Waals surface area contributed by atoms with Crippen molar-refractivity contribution in [2.75, 3.05) is 5.73 Å². The van der Waals surface area contributed by atoms with Gasteiger partial charge < -0.3 is 11.1 Å². The first-order valence-electron chi connectivity index (χ1n) is 6.18. The Morgan fingerprint density at radius 1 is 1.35 bits per heavy atom. The largest absolute Gasteiger partial charge is 0.399 e. The second kappa shape index (κ2) is 5.50. The van der Waals surface area contributed by atoms with Crippen LogP contribution in [0.1, 0.15) is 33.9 Å². The fourth-order valence-electron chi connectivity index (χ4n) is 2.52. The molecular weight excluding hydrogens is 404 g/mol. The van der Waals surface area contributed by atoms with Crippen molar-refractivity contribution in [2.24, 2.45) is 0 Å². The summed E-state index contributed by atoms with van der Waals surface area (Å²) >= 11 is 8.31. The van der Waals surface area contributed by atoms with Crippen LogP contribution in [0.2, 0.25) is 0 Å². The molecule has 3 nitrogen and oxygen atoms in total. The monoisotopic (exact) mass is 414 g/mol. The first-order chi connectivity index (χ1) is 9.54. The number of nitrogen functional groups attached to an aromatic ring is 1. The van der Waals surface area contributed by atoms with Gasteiger partial charge in [0.1, 0.15) is 0 Å². The molecule has 1 aliphatic carbocycles. The smallest absolute Gasteiger partial charge is 0.253 e. The molecule has 1 aliphatic rings. The van der Waals surface area contributed by atoms with Gasteiger partial charge in [0, 0.05) is 5.69 Å². The maximum Gasteiger partial charge on any atom is 0.253 e.